The van der Waals surface area contributed by atoms with E-state index >= 15 is 0 Å². The van der Waals surface area contributed by atoms with E-state index in [9.17, 15) is 5.11 Å². The SMILES string of the molecule is CCC(C)(OC)C(O)c1nccnc1OC. The Balaban J connectivity index is 3.08. The van der Waals surface area contributed by atoms with Crippen LogP contribution in [0.2, 0.25) is 0 Å². The van der Waals surface area contributed by atoms with Crippen LogP contribution >= 0.6 is 0 Å². The van der Waals surface area contributed by atoms with Crippen molar-refractivity contribution in [3.05, 3.63) is 18.1 Å². The molecule has 0 aliphatic heterocycles. The van der Waals surface area contributed by atoms with E-state index in [1.54, 1.807) is 7.11 Å². The van der Waals surface area contributed by atoms with E-state index in [2.05, 4.69) is 9.97 Å². The van der Waals surface area contributed by atoms with E-state index < -0.39 is 11.7 Å². The Labute approximate surface area is 95.4 Å². The Morgan fingerprint density at radius 3 is 2.50 bits per heavy atom. The van der Waals surface area contributed by atoms with Crippen molar-refractivity contribution in [1.82, 2.24) is 9.97 Å². The van der Waals surface area contributed by atoms with Crippen LogP contribution in [0, 0.1) is 0 Å². The topological polar surface area (TPSA) is 64.5 Å². The molecule has 0 amide bonds. The second-order valence-electron chi connectivity index (χ2n) is 3.72. The lowest BCUT2D eigenvalue weighted by Gasteiger charge is -2.31. The molecule has 0 bridgehead atoms. The van der Waals surface area contributed by atoms with Crippen LogP contribution in [0.4, 0.5) is 0 Å². The fraction of sp³-hybridized carbons (Fsp3) is 0.636. The minimum absolute atomic E-state index is 0.326. The van der Waals surface area contributed by atoms with E-state index in [1.165, 1.54) is 19.5 Å². The van der Waals surface area contributed by atoms with Gasteiger partial charge < -0.3 is 14.6 Å². The van der Waals surface area contributed by atoms with Crippen LogP contribution in [-0.4, -0.2) is 34.9 Å². The molecular weight excluding hydrogens is 208 g/mol. The number of aliphatic hydroxyl groups is 1. The maximum Gasteiger partial charge on any atom is 0.238 e. The number of aromatic nitrogens is 2. The molecule has 0 fully saturated rings. The maximum atomic E-state index is 10.2. The van der Waals surface area contributed by atoms with Crippen molar-refractivity contribution in [2.24, 2.45) is 0 Å². The van der Waals surface area contributed by atoms with Gasteiger partial charge in [0.25, 0.3) is 0 Å². The van der Waals surface area contributed by atoms with Crippen LogP contribution in [0.5, 0.6) is 5.88 Å². The Bertz CT molecular complexity index is 340. The first-order valence-electron chi connectivity index (χ1n) is 5.17. The van der Waals surface area contributed by atoms with E-state index in [0.29, 0.717) is 18.0 Å². The number of ether oxygens (including phenoxy) is 2. The quantitative estimate of drug-likeness (QED) is 0.820. The van der Waals surface area contributed by atoms with Gasteiger partial charge in [-0.2, -0.15) is 0 Å². The minimum atomic E-state index is -0.869. The Morgan fingerprint density at radius 1 is 1.38 bits per heavy atom. The lowest BCUT2D eigenvalue weighted by molar-refractivity contribution is -0.0968. The number of aliphatic hydroxyl groups excluding tert-OH is 1. The van der Waals surface area contributed by atoms with Gasteiger partial charge in [0.1, 0.15) is 11.8 Å². The van der Waals surface area contributed by atoms with Gasteiger partial charge >= 0.3 is 0 Å². The molecule has 0 aliphatic carbocycles. The molecule has 0 saturated carbocycles. The summed E-state index contributed by atoms with van der Waals surface area (Å²) in [5.41, 5.74) is -0.292. The summed E-state index contributed by atoms with van der Waals surface area (Å²) in [5.74, 6) is 0.326. The van der Waals surface area contributed by atoms with Crippen molar-refractivity contribution < 1.29 is 14.6 Å². The highest BCUT2D eigenvalue weighted by Gasteiger charge is 2.35. The Hall–Kier alpha value is -1.20. The van der Waals surface area contributed by atoms with Gasteiger partial charge in [-0.1, -0.05) is 6.92 Å². The van der Waals surface area contributed by atoms with E-state index in [0.717, 1.165) is 0 Å². The van der Waals surface area contributed by atoms with Crippen molar-refractivity contribution in [1.29, 1.82) is 0 Å². The lowest BCUT2D eigenvalue weighted by atomic mass is 9.93. The highest BCUT2D eigenvalue weighted by Crippen LogP contribution is 2.33. The molecule has 5 heteroatoms. The van der Waals surface area contributed by atoms with Gasteiger partial charge in [-0.05, 0) is 13.3 Å². The molecule has 2 unspecified atom stereocenters. The largest absolute Gasteiger partial charge is 0.480 e. The third-order valence-corrected chi connectivity index (χ3v) is 2.89. The van der Waals surface area contributed by atoms with Crippen molar-refractivity contribution in [3.63, 3.8) is 0 Å². The molecule has 0 saturated heterocycles. The van der Waals surface area contributed by atoms with Gasteiger partial charge in [0.15, 0.2) is 0 Å². The van der Waals surface area contributed by atoms with Crippen LogP contribution in [0.3, 0.4) is 0 Å². The minimum Gasteiger partial charge on any atom is -0.480 e. The zero-order chi connectivity index (χ0) is 12.2. The van der Waals surface area contributed by atoms with Crippen molar-refractivity contribution in [2.45, 2.75) is 32.0 Å². The van der Waals surface area contributed by atoms with Crippen LogP contribution in [0.25, 0.3) is 0 Å². The first-order valence-corrected chi connectivity index (χ1v) is 5.17. The zero-order valence-electron chi connectivity index (χ0n) is 10.1. The summed E-state index contributed by atoms with van der Waals surface area (Å²) in [5, 5.41) is 10.2. The molecule has 0 aromatic carbocycles. The average molecular weight is 226 g/mol. The van der Waals surface area contributed by atoms with Crippen molar-refractivity contribution in [2.75, 3.05) is 14.2 Å². The summed E-state index contributed by atoms with van der Waals surface area (Å²) in [6, 6.07) is 0. The highest BCUT2D eigenvalue weighted by atomic mass is 16.5. The van der Waals surface area contributed by atoms with E-state index in [-0.39, 0.29) is 0 Å². The summed E-state index contributed by atoms with van der Waals surface area (Å²) in [4.78, 5) is 8.09. The fourth-order valence-corrected chi connectivity index (χ4v) is 1.42. The van der Waals surface area contributed by atoms with E-state index in [1.807, 2.05) is 13.8 Å². The summed E-state index contributed by atoms with van der Waals surface area (Å²) in [7, 11) is 3.06. The number of methoxy groups -OCH3 is 2. The molecular formula is C11H18N2O3. The van der Waals surface area contributed by atoms with Crippen LogP contribution in [0.15, 0.2) is 12.4 Å². The third-order valence-electron chi connectivity index (χ3n) is 2.89. The van der Waals surface area contributed by atoms with Crippen molar-refractivity contribution in [3.8, 4) is 5.88 Å². The van der Waals surface area contributed by atoms with E-state index in [4.69, 9.17) is 9.47 Å². The van der Waals surface area contributed by atoms with Gasteiger partial charge in [-0.15, -0.1) is 0 Å². The van der Waals surface area contributed by atoms with Gasteiger partial charge in [0.05, 0.1) is 12.7 Å². The standard InChI is InChI=1S/C11H18N2O3/c1-5-11(2,16-4)9(14)8-10(15-3)13-7-6-12-8/h6-7,9,14H,5H2,1-4H3. The second kappa shape index (κ2) is 5.23. The molecule has 0 aliphatic rings. The molecule has 5 nitrogen and oxygen atoms in total. The molecule has 0 radical (unpaired) electrons. The van der Waals surface area contributed by atoms with Crippen LogP contribution in [-0.2, 0) is 4.74 Å². The molecule has 1 rings (SSSR count). The number of nitrogens with zero attached hydrogens (tertiary/aromatic N) is 2. The van der Waals surface area contributed by atoms with Gasteiger partial charge in [0.2, 0.25) is 5.88 Å². The van der Waals surface area contributed by atoms with Gasteiger partial charge in [0, 0.05) is 19.5 Å². The third kappa shape index (κ3) is 2.31. The average Bonchev–Trinajstić information content (AvgIpc) is 2.36. The molecule has 1 aromatic rings. The molecule has 90 valence electrons. The molecule has 2 atom stereocenters. The summed E-state index contributed by atoms with van der Waals surface area (Å²) in [6.07, 6.45) is 2.83. The summed E-state index contributed by atoms with van der Waals surface area (Å²) >= 11 is 0. The second-order valence-corrected chi connectivity index (χ2v) is 3.72. The van der Waals surface area contributed by atoms with Crippen molar-refractivity contribution >= 4 is 0 Å². The monoisotopic (exact) mass is 226 g/mol. The Kier molecular flexibility index (Phi) is 4.20. The first kappa shape index (κ1) is 12.9. The lowest BCUT2D eigenvalue weighted by Crippen LogP contribution is -2.35. The maximum absolute atomic E-state index is 10.2. The molecule has 1 N–H and O–H groups in total. The summed E-state index contributed by atoms with van der Waals surface area (Å²) in [6.45, 7) is 3.77. The fourth-order valence-electron chi connectivity index (χ4n) is 1.42. The summed E-state index contributed by atoms with van der Waals surface area (Å²) < 4.78 is 10.4. The number of hydrogen-bond acceptors (Lipinski definition) is 5. The highest BCUT2D eigenvalue weighted by molar-refractivity contribution is 5.22. The predicted octanol–water partition coefficient (Wildman–Crippen LogP) is 1.33. The van der Waals surface area contributed by atoms with Gasteiger partial charge in [-0.25, -0.2) is 4.98 Å². The molecule has 1 heterocycles. The molecule has 1 aromatic heterocycles. The number of rotatable bonds is 5. The predicted molar refractivity (Wildman–Crippen MR) is 59.2 cm³/mol. The normalized spacial score (nSPS) is 16.6. The smallest absolute Gasteiger partial charge is 0.238 e. The van der Waals surface area contributed by atoms with Gasteiger partial charge in [-0.3, -0.25) is 4.98 Å². The van der Waals surface area contributed by atoms with Crippen LogP contribution in [0.1, 0.15) is 32.1 Å². The molecule has 0 spiro atoms. The number of hydrogen-bond donors (Lipinski definition) is 1. The Morgan fingerprint density at radius 2 is 2.00 bits per heavy atom. The molecule has 16 heavy (non-hydrogen) atoms. The zero-order valence-corrected chi connectivity index (χ0v) is 10.1. The van der Waals surface area contributed by atoms with Crippen LogP contribution < -0.4 is 4.74 Å². The first-order chi connectivity index (χ1) is 7.59.